The van der Waals surface area contributed by atoms with Crippen LogP contribution in [0.2, 0.25) is 0 Å². The van der Waals surface area contributed by atoms with Crippen LogP contribution in [0.3, 0.4) is 0 Å². The van der Waals surface area contributed by atoms with Gasteiger partial charge in [0.1, 0.15) is 0 Å². The molecule has 6 heteroatoms. The number of aromatic nitrogens is 3. The highest BCUT2D eigenvalue weighted by atomic mass is 16.5. The lowest BCUT2D eigenvalue weighted by molar-refractivity contribution is 0.221. The standard InChI is InChI=1S/C15H27N5O/c1-5-12-8-7-9-20(10-12)14-17-13(16-6-2)18-15(19-14)21-11(3)4/h11-12H,5-10H2,1-4H3,(H,16,17,18,19). The van der Waals surface area contributed by atoms with Gasteiger partial charge in [0.15, 0.2) is 0 Å². The first-order valence-electron chi connectivity index (χ1n) is 8.03. The van der Waals surface area contributed by atoms with Crippen LogP contribution in [-0.4, -0.2) is 40.7 Å². The summed E-state index contributed by atoms with van der Waals surface area (Å²) in [5.74, 6) is 2.05. The van der Waals surface area contributed by atoms with Gasteiger partial charge >= 0.3 is 6.01 Å². The van der Waals surface area contributed by atoms with Gasteiger partial charge in [-0.3, -0.25) is 0 Å². The Morgan fingerprint density at radius 3 is 2.76 bits per heavy atom. The van der Waals surface area contributed by atoms with Crippen molar-refractivity contribution in [3.8, 4) is 6.01 Å². The summed E-state index contributed by atoms with van der Waals surface area (Å²) in [6.07, 6.45) is 3.76. The van der Waals surface area contributed by atoms with Crippen molar-refractivity contribution in [1.82, 2.24) is 15.0 Å². The monoisotopic (exact) mass is 293 g/mol. The summed E-state index contributed by atoms with van der Waals surface area (Å²) in [6, 6.07) is 0.407. The molecule has 1 fully saturated rings. The first kappa shape index (κ1) is 15.8. The smallest absolute Gasteiger partial charge is 0.323 e. The van der Waals surface area contributed by atoms with Crippen LogP contribution in [0, 0.1) is 5.92 Å². The molecule has 0 bridgehead atoms. The van der Waals surface area contributed by atoms with Crippen molar-refractivity contribution in [2.75, 3.05) is 29.9 Å². The summed E-state index contributed by atoms with van der Waals surface area (Å²) >= 11 is 0. The molecule has 2 heterocycles. The number of hydrogen-bond acceptors (Lipinski definition) is 6. The summed E-state index contributed by atoms with van der Waals surface area (Å²) in [5.41, 5.74) is 0. The van der Waals surface area contributed by atoms with Crippen molar-refractivity contribution in [2.24, 2.45) is 5.92 Å². The Morgan fingerprint density at radius 1 is 1.29 bits per heavy atom. The summed E-state index contributed by atoms with van der Waals surface area (Å²) in [4.78, 5) is 15.6. The zero-order chi connectivity index (χ0) is 15.2. The molecule has 0 aromatic carbocycles. The minimum Gasteiger partial charge on any atom is -0.461 e. The maximum atomic E-state index is 5.66. The molecule has 118 valence electrons. The van der Waals surface area contributed by atoms with Crippen LogP contribution < -0.4 is 15.0 Å². The summed E-state index contributed by atoms with van der Waals surface area (Å²) < 4.78 is 5.66. The Kier molecular flexibility index (Phi) is 5.59. The Balaban J connectivity index is 2.21. The number of nitrogens with zero attached hydrogens (tertiary/aromatic N) is 4. The fraction of sp³-hybridized carbons (Fsp3) is 0.800. The number of hydrogen-bond donors (Lipinski definition) is 1. The van der Waals surface area contributed by atoms with Crippen molar-refractivity contribution in [3.05, 3.63) is 0 Å². The Hall–Kier alpha value is -1.59. The highest BCUT2D eigenvalue weighted by molar-refractivity contribution is 5.38. The van der Waals surface area contributed by atoms with Gasteiger partial charge in [-0.2, -0.15) is 15.0 Å². The Morgan fingerprint density at radius 2 is 2.10 bits per heavy atom. The summed E-state index contributed by atoms with van der Waals surface area (Å²) in [5, 5.41) is 3.16. The van der Waals surface area contributed by atoms with E-state index in [2.05, 4.69) is 32.1 Å². The van der Waals surface area contributed by atoms with Crippen molar-refractivity contribution >= 4 is 11.9 Å². The second-order valence-corrected chi connectivity index (χ2v) is 5.80. The summed E-state index contributed by atoms with van der Waals surface area (Å²) in [7, 11) is 0. The van der Waals surface area contributed by atoms with Gasteiger partial charge in [-0.05, 0) is 39.5 Å². The minimum absolute atomic E-state index is 0.0551. The van der Waals surface area contributed by atoms with Gasteiger partial charge in [0.05, 0.1) is 6.10 Å². The molecule has 1 aromatic rings. The Bertz CT molecular complexity index is 452. The van der Waals surface area contributed by atoms with Crippen LogP contribution in [-0.2, 0) is 0 Å². The molecule has 1 aromatic heterocycles. The lowest BCUT2D eigenvalue weighted by Gasteiger charge is -2.32. The van der Waals surface area contributed by atoms with Gasteiger partial charge in [0.25, 0.3) is 0 Å². The van der Waals surface area contributed by atoms with E-state index in [9.17, 15) is 0 Å². The first-order chi connectivity index (χ1) is 10.1. The molecule has 21 heavy (non-hydrogen) atoms. The predicted molar refractivity (Wildman–Crippen MR) is 85.0 cm³/mol. The van der Waals surface area contributed by atoms with Crippen molar-refractivity contribution in [1.29, 1.82) is 0 Å². The number of piperidine rings is 1. The van der Waals surface area contributed by atoms with Gasteiger partial charge in [0.2, 0.25) is 11.9 Å². The van der Waals surface area contributed by atoms with Crippen LogP contribution in [0.4, 0.5) is 11.9 Å². The average Bonchev–Trinajstić information content (AvgIpc) is 2.46. The van der Waals surface area contributed by atoms with Crippen LogP contribution >= 0.6 is 0 Å². The lowest BCUT2D eigenvalue weighted by atomic mass is 9.96. The molecular formula is C15H27N5O. The normalized spacial score (nSPS) is 18.9. The molecule has 0 amide bonds. The molecular weight excluding hydrogens is 266 g/mol. The van der Waals surface area contributed by atoms with Gasteiger partial charge in [-0.25, -0.2) is 0 Å². The molecule has 1 aliphatic heterocycles. The zero-order valence-corrected chi connectivity index (χ0v) is 13.6. The lowest BCUT2D eigenvalue weighted by Crippen LogP contribution is -2.36. The van der Waals surface area contributed by atoms with E-state index in [1.54, 1.807) is 0 Å². The van der Waals surface area contributed by atoms with Crippen LogP contribution in [0.1, 0.15) is 47.0 Å². The van der Waals surface area contributed by atoms with Gasteiger partial charge in [-0.15, -0.1) is 0 Å². The van der Waals surface area contributed by atoms with E-state index in [0.29, 0.717) is 12.0 Å². The van der Waals surface area contributed by atoms with Crippen LogP contribution in [0.5, 0.6) is 6.01 Å². The molecule has 0 aliphatic carbocycles. The SMILES string of the molecule is CCNc1nc(OC(C)C)nc(N2CCCC(CC)C2)n1. The van der Waals surface area contributed by atoms with Crippen LogP contribution in [0.15, 0.2) is 0 Å². The van der Waals surface area contributed by atoms with Gasteiger partial charge < -0.3 is 15.0 Å². The van der Waals surface area contributed by atoms with Crippen molar-refractivity contribution < 1.29 is 4.74 Å². The van der Waals surface area contributed by atoms with E-state index in [0.717, 1.165) is 31.5 Å². The Labute approximate surface area is 127 Å². The third kappa shape index (κ3) is 4.44. The number of nitrogens with one attached hydrogen (secondary N) is 1. The third-order valence-corrected chi connectivity index (χ3v) is 3.66. The number of anilines is 2. The van der Waals surface area contributed by atoms with E-state index in [4.69, 9.17) is 4.74 Å². The minimum atomic E-state index is 0.0551. The molecule has 0 saturated carbocycles. The second-order valence-electron chi connectivity index (χ2n) is 5.80. The fourth-order valence-electron chi connectivity index (χ4n) is 2.57. The van der Waals surface area contributed by atoms with Gasteiger partial charge in [0, 0.05) is 19.6 Å². The van der Waals surface area contributed by atoms with Gasteiger partial charge in [-0.1, -0.05) is 13.3 Å². The highest BCUT2D eigenvalue weighted by Gasteiger charge is 2.22. The van der Waals surface area contributed by atoms with E-state index >= 15 is 0 Å². The van der Waals surface area contributed by atoms with E-state index in [-0.39, 0.29) is 6.10 Å². The maximum absolute atomic E-state index is 5.66. The van der Waals surface area contributed by atoms with E-state index in [1.807, 2.05) is 20.8 Å². The topological polar surface area (TPSA) is 63.2 Å². The van der Waals surface area contributed by atoms with E-state index in [1.165, 1.54) is 19.3 Å². The molecule has 2 rings (SSSR count). The van der Waals surface area contributed by atoms with Crippen molar-refractivity contribution in [3.63, 3.8) is 0 Å². The number of rotatable bonds is 6. The van der Waals surface area contributed by atoms with E-state index < -0.39 is 0 Å². The quantitative estimate of drug-likeness (QED) is 0.870. The molecule has 1 atom stereocenters. The zero-order valence-electron chi connectivity index (χ0n) is 13.6. The highest BCUT2D eigenvalue weighted by Crippen LogP contribution is 2.24. The molecule has 0 radical (unpaired) electrons. The average molecular weight is 293 g/mol. The molecule has 0 spiro atoms. The molecule has 1 aliphatic rings. The third-order valence-electron chi connectivity index (χ3n) is 3.66. The van der Waals surface area contributed by atoms with Crippen LogP contribution in [0.25, 0.3) is 0 Å². The molecule has 1 saturated heterocycles. The number of ether oxygens (including phenoxy) is 1. The first-order valence-corrected chi connectivity index (χ1v) is 8.03. The second kappa shape index (κ2) is 7.43. The molecule has 6 nitrogen and oxygen atoms in total. The largest absolute Gasteiger partial charge is 0.461 e. The van der Waals surface area contributed by atoms with Crippen molar-refractivity contribution in [2.45, 2.75) is 53.1 Å². The molecule has 1 unspecified atom stereocenters. The summed E-state index contributed by atoms with van der Waals surface area (Å²) in [6.45, 7) is 11.0. The fourth-order valence-corrected chi connectivity index (χ4v) is 2.57. The molecule has 1 N–H and O–H groups in total. The maximum Gasteiger partial charge on any atom is 0.323 e. The predicted octanol–water partition coefficient (Wildman–Crippen LogP) is 2.72.